The smallest absolute Gasteiger partial charge is 0.290 e. The third-order valence-electron chi connectivity index (χ3n) is 8.17. The predicted octanol–water partition coefficient (Wildman–Crippen LogP) is 2.79. The van der Waals surface area contributed by atoms with E-state index in [0.717, 1.165) is 54.4 Å². The largest absolute Gasteiger partial charge is 0.392 e. The number of hydrogen-bond acceptors (Lipinski definition) is 9. The summed E-state index contributed by atoms with van der Waals surface area (Å²) in [5.41, 5.74) is 6.70. The molecule has 1 atom stereocenters. The third-order valence-corrected chi connectivity index (χ3v) is 8.17. The lowest BCUT2D eigenvalue weighted by atomic mass is 10.0. The summed E-state index contributed by atoms with van der Waals surface area (Å²) in [6.07, 6.45) is -0.845. The fraction of sp³-hybridized carbons (Fsp3) is 0.367. The molecule has 3 N–H and O–H groups in total. The topological polar surface area (TPSA) is 115 Å². The molecular formula is C30H36N8O3. The van der Waals surface area contributed by atoms with Crippen molar-refractivity contribution in [1.82, 2.24) is 24.5 Å². The standard InChI is InChI=1S/C30H36N8O3/c1-5-35(3)20-9-10-22-19(13-20)16-37(29(22)40)27-8-6-7-23(24(27)18-39)25-15-26(30(41)36(4)32-25)31-28-14-21-17-34(2)11-12-38(21)33-28/h6-10,13-15,29,39-40H,5,11-12,16-18H2,1-4H3,(H,31,33). The van der Waals surface area contributed by atoms with Crippen LogP contribution in [0.15, 0.2) is 53.3 Å². The Kier molecular flexibility index (Phi) is 7.02. The van der Waals surface area contributed by atoms with E-state index >= 15 is 0 Å². The van der Waals surface area contributed by atoms with Crippen LogP contribution in [0.3, 0.4) is 0 Å². The molecule has 11 heteroatoms. The molecule has 0 fully saturated rings. The van der Waals surface area contributed by atoms with Crippen molar-refractivity contribution < 1.29 is 10.2 Å². The Morgan fingerprint density at radius 2 is 1.90 bits per heavy atom. The van der Waals surface area contributed by atoms with Crippen molar-refractivity contribution in [2.45, 2.75) is 39.4 Å². The van der Waals surface area contributed by atoms with Gasteiger partial charge in [0.05, 0.1) is 24.5 Å². The number of nitrogens with one attached hydrogen (secondary N) is 1. The number of aryl methyl sites for hydroxylation is 1. The van der Waals surface area contributed by atoms with Gasteiger partial charge in [-0.3, -0.25) is 14.4 Å². The Balaban J connectivity index is 1.34. The number of aromatic nitrogens is 4. The number of aliphatic hydroxyl groups is 2. The van der Waals surface area contributed by atoms with E-state index < -0.39 is 6.23 Å². The summed E-state index contributed by atoms with van der Waals surface area (Å²) in [7, 11) is 5.73. The first-order chi connectivity index (χ1) is 19.8. The van der Waals surface area contributed by atoms with E-state index in [1.807, 2.05) is 53.0 Å². The molecule has 0 aliphatic carbocycles. The highest BCUT2D eigenvalue weighted by atomic mass is 16.3. The van der Waals surface area contributed by atoms with Gasteiger partial charge in [0, 0.05) is 74.4 Å². The number of nitrogens with zero attached hydrogens (tertiary/aromatic N) is 7. The van der Waals surface area contributed by atoms with Crippen molar-refractivity contribution in [2.75, 3.05) is 42.3 Å². The molecule has 2 aliphatic heterocycles. The van der Waals surface area contributed by atoms with Gasteiger partial charge < -0.3 is 25.3 Å². The van der Waals surface area contributed by atoms with Crippen LogP contribution in [0, 0.1) is 0 Å². The lowest BCUT2D eigenvalue weighted by Gasteiger charge is -2.26. The van der Waals surface area contributed by atoms with Gasteiger partial charge in [-0.2, -0.15) is 10.2 Å². The van der Waals surface area contributed by atoms with E-state index in [-0.39, 0.29) is 12.2 Å². The summed E-state index contributed by atoms with van der Waals surface area (Å²) in [4.78, 5) is 19.3. The normalized spacial score (nSPS) is 16.5. The second kappa shape index (κ2) is 10.7. The van der Waals surface area contributed by atoms with Crippen LogP contribution in [0.2, 0.25) is 0 Å². The Morgan fingerprint density at radius 3 is 2.68 bits per heavy atom. The van der Waals surface area contributed by atoms with Crippen LogP contribution in [0.25, 0.3) is 11.3 Å². The first-order valence-corrected chi connectivity index (χ1v) is 13.9. The van der Waals surface area contributed by atoms with E-state index in [0.29, 0.717) is 34.9 Å². The summed E-state index contributed by atoms with van der Waals surface area (Å²) in [6.45, 7) is 5.74. The van der Waals surface area contributed by atoms with Crippen molar-refractivity contribution in [3.63, 3.8) is 0 Å². The first kappa shape index (κ1) is 27.0. The molecule has 0 saturated heterocycles. The number of rotatable bonds is 7. The Morgan fingerprint density at radius 1 is 1.07 bits per heavy atom. The van der Waals surface area contributed by atoms with Crippen LogP contribution in [0.4, 0.5) is 22.9 Å². The van der Waals surface area contributed by atoms with E-state index in [4.69, 9.17) is 0 Å². The zero-order chi connectivity index (χ0) is 28.8. The fourth-order valence-corrected chi connectivity index (χ4v) is 5.73. The molecule has 4 aromatic rings. The second-order valence-corrected chi connectivity index (χ2v) is 10.8. The lowest BCUT2D eigenvalue weighted by Crippen LogP contribution is -2.30. The summed E-state index contributed by atoms with van der Waals surface area (Å²) >= 11 is 0. The monoisotopic (exact) mass is 556 g/mol. The first-order valence-electron chi connectivity index (χ1n) is 13.9. The molecule has 11 nitrogen and oxygen atoms in total. The highest BCUT2D eigenvalue weighted by molar-refractivity contribution is 5.75. The van der Waals surface area contributed by atoms with E-state index in [1.165, 1.54) is 4.68 Å². The van der Waals surface area contributed by atoms with Gasteiger partial charge in [-0.05, 0) is 43.8 Å². The summed E-state index contributed by atoms with van der Waals surface area (Å²) < 4.78 is 3.26. The molecular weight excluding hydrogens is 520 g/mol. The Hall–Kier alpha value is -4.19. The van der Waals surface area contributed by atoms with Crippen molar-refractivity contribution in [1.29, 1.82) is 0 Å². The minimum absolute atomic E-state index is 0.260. The van der Waals surface area contributed by atoms with E-state index in [1.54, 1.807) is 13.1 Å². The maximum absolute atomic E-state index is 13.0. The maximum atomic E-state index is 13.0. The zero-order valence-corrected chi connectivity index (χ0v) is 23.9. The molecule has 41 heavy (non-hydrogen) atoms. The quantitative estimate of drug-likeness (QED) is 0.316. The van der Waals surface area contributed by atoms with Crippen molar-refractivity contribution in [3.8, 4) is 11.3 Å². The highest BCUT2D eigenvalue weighted by Crippen LogP contribution is 2.41. The van der Waals surface area contributed by atoms with Crippen LogP contribution in [0.5, 0.6) is 0 Å². The van der Waals surface area contributed by atoms with E-state index in [9.17, 15) is 15.0 Å². The molecule has 4 heterocycles. The molecule has 0 bridgehead atoms. The van der Waals surface area contributed by atoms with Crippen LogP contribution >= 0.6 is 0 Å². The molecule has 0 spiro atoms. The number of likely N-dealkylation sites (N-methyl/N-ethyl adjacent to an activating group) is 1. The van der Waals surface area contributed by atoms with Gasteiger partial charge >= 0.3 is 0 Å². The number of hydrogen-bond donors (Lipinski definition) is 3. The number of benzene rings is 2. The van der Waals surface area contributed by atoms with Gasteiger partial charge in [0.1, 0.15) is 5.69 Å². The van der Waals surface area contributed by atoms with Gasteiger partial charge in [-0.1, -0.05) is 18.2 Å². The number of aliphatic hydroxyl groups excluding tert-OH is 2. The average molecular weight is 557 g/mol. The minimum atomic E-state index is -0.845. The average Bonchev–Trinajstić information content (AvgIpc) is 3.53. The van der Waals surface area contributed by atoms with Crippen LogP contribution in [-0.4, -0.2) is 61.9 Å². The third kappa shape index (κ3) is 4.86. The van der Waals surface area contributed by atoms with Crippen molar-refractivity contribution >= 4 is 22.9 Å². The molecule has 2 aromatic carbocycles. The molecule has 2 aromatic heterocycles. The van der Waals surface area contributed by atoms with Gasteiger partial charge in [0.2, 0.25) is 0 Å². The minimum Gasteiger partial charge on any atom is -0.392 e. The predicted molar refractivity (Wildman–Crippen MR) is 159 cm³/mol. The summed E-state index contributed by atoms with van der Waals surface area (Å²) in [5, 5.41) is 34.2. The Bertz CT molecular complexity index is 1660. The zero-order valence-electron chi connectivity index (χ0n) is 23.9. The maximum Gasteiger partial charge on any atom is 0.290 e. The van der Waals surface area contributed by atoms with Crippen molar-refractivity contribution in [3.05, 3.63) is 81.3 Å². The van der Waals surface area contributed by atoms with E-state index in [2.05, 4.69) is 45.4 Å². The SMILES string of the molecule is CCN(C)c1ccc2c(c1)CN(c1cccc(-c3cc(Nc4cc5n(n4)CCN(C)C5)c(=O)n(C)n3)c1CO)C2O. The van der Waals surface area contributed by atoms with Gasteiger partial charge in [-0.25, -0.2) is 4.68 Å². The Labute approximate surface area is 238 Å². The molecule has 2 aliphatic rings. The molecule has 1 unspecified atom stereocenters. The van der Waals surface area contributed by atoms with Crippen LogP contribution in [0.1, 0.15) is 35.5 Å². The molecule has 0 radical (unpaired) electrons. The number of fused-ring (bicyclic) bond motifs is 2. The van der Waals surface area contributed by atoms with Gasteiger partial charge in [-0.15, -0.1) is 0 Å². The lowest BCUT2D eigenvalue weighted by molar-refractivity contribution is 0.181. The molecule has 214 valence electrons. The molecule has 0 amide bonds. The van der Waals surface area contributed by atoms with Crippen molar-refractivity contribution in [2.24, 2.45) is 7.05 Å². The second-order valence-electron chi connectivity index (χ2n) is 10.8. The fourth-order valence-electron chi connectivity index (χ4n) is 5.73. The van der Waals surface area contributed by atoms with Gasteiger partial charge in [0.25, 0.3) is 5.56 Å². The highest BCUT2D eigenvalue weighted by Gasteiger charge is 2.31. The number of anilines is 4. The molecule has 0 saturated carbocycles. The van der Waals surface area contributed by atoms with Crippen LogP contribution < -0.4 is 20.7 Å². The summed E-state index contributed by atoms with van der Waals surface area (Å²) in [6, 6.07) is 15.4. The summed E-state index contributed by atoms with van der Waals surface area (Å²) in [5.74, 6) is 0.603. The van der Waals surface area contributed by atoms with Crippen LogP contribution in [-0.2, 0) is 33.3 Å². The van der Waals surface area contributed by atoms with Gasteiger partial charge in [0.15, 0.2) is 12.0 Å². The molecule has 6 rings (SSSR count).